The Morgan fingerprint density at radius 2 is 2.15 bits per heavy atom. The van der Waals surface area contributed by atoms with Gasteiger partial charge in [-0.3, -0.25) is 4.79 Å². The number of carbonyl (C=O) groups is 2. The van der Waals surface area contributed by atoms with Gasteiger partial charge in [0.25, 0.3) is 0 Å². The quantitative estimate of drug-likeness (QED) is 0.478. The van der Waals surface area contributed by atoms with Crippen molar-refractivity contribution in [1.29, 1.82) is 0 Å². The number of aliphatic carboxylic acids is 1. The van der Waals surface area contributed by atoms with Gasteiger partial charge >= 0.3 is 5.97 Å². The molecule has 0 aliphatic heterocycles. The molecule has 20 heavy (non-hydrogen) atoms. The number of carboxylic acids is 1. The fraction of sp³-hybridized carbons (Fsp3) is 0. The van der Waals surface area contributed by atoms with Gasteiger partial charge in [-0.1, -0.05) is 23.4 Å². The number of oxime groups is 1. The molecule has 1 amide bonds. The minimum atomic E-state index is -1.27. The molecular weight excluding hydrogens is 282 g/mol. The first kappa shape index (κ1) is 13.7. The summed E-state index contributed by atoms with van der Waals surface area (Å²) in [5, 5.41) is 16.8. The molecular formula is C12H9N3O4S. The second-order valence-electron chi connectivity index (χ2n) is 3.45. The molecule has 0 spiro atoms. The van der Waals surface area contributed by atoms with Crippen molar-refractivity contribution < 1.29 is 19.5 Å². The van der Waals surface area contributed by atoms with E-state index in [-0.39, 0.29) is 16.5 Å². The number of thiazole rings is 1. The summed E-state index contributed by atoms with van der Waals surface area (Å²) in [6, 6.07) is 8.56. The molecule has 2 rings (SSSR count). The van der Waals surface area contributed by atoms with E-state index in [4.69, 9.17) is 9.94 Å². The Labute approximate surface area is 117 Å². The standard InChI is InChI=1S/C12H9N3O4S/c16-7-13-12-14-9(6-20-12)10(11(17)18)15-19-8-4-2-1-3-5-8/h1-7H,(H,17,18)(H,13,14,16)/b15-10-. The Morgan fingerprint density at radius 3 is 2.80 bits per heavy atom. The van der Waals surface area contributed by atoms with E-state index in [1.807, 2.05) is 0 Å². The molecule has 0 unspecified atom stereocenters. The summed E-state index contributed by atoms with van der Waals surface area (Å²) in [4.78, 5) is 30.4. The molecule has 1 aromatic carbocycles. The first-order valence-electron chi connectivity index (χ1n) is 5.40. The van der Waals surface area contributed by atoms with Gasteiger partial charge in [-0.05, 0) is 12.1 Å². The van der Waals surface area contributed by atoms with Gasteiger partial charge in [0.1, 0.15) is 5.69 Å². The molecule has 7 nitrogen and oxygen atoms in total. The van der Waals surface area contributed by atoms with E-state index >= 15 is 0 Å². The van der Waals surface area contributed by atoms with E-state index in [1.54, 1.807) is 30.3 Å². The maximum absolute atomic E-state index is 11.2. The first-order valence-corrected chi connectivity index (χ1v) is 6.28. The highest BCUT2D eigenvalue weighted by Gasteiger charge is 2.17. The van der Waals surface area contributed by atoms with E-state index < -0.39 is 5.97 Å². The predicted molar refractivity (Wildman–Crippen MR) is 73.0 cm³/mol. The molecule has 0 aliphatic carbocycles. The van der Waals surface area contributed by atoms with Crippen LogP contribution in [0.3, 0.4) is 0 Å². The number of nitrogens with zero attached hydrogens (tertiary/aromatic N) is 2. The summed E-state index contributed by atoms with van der Waals surface area (Å²) >= 11 is 1.09. The Balaban J connectivity index is 2.21. The van der Waals surface area contributed by atoms with Gasteiger partial charge in [-0.2, -0.15) is 0 Å². The Morgan fingerprint density at radius 1 is 1.40 bits per heavy atom. The van der Waals surface area contributed by atoms with Gasteiger partial charge in [-0.15, -0.1) is 11.3 Å². The summed E-state index contributed by atoms with van der Waals surface area (Å²) in [6.07, 6.45) is 0.459. The van der Waals surface area contributed by atoms with E-state index in [0.717, 1.165) is 11.3 Å². The topological polar surface area (TPSA) is 101 Å². The van der Waals surface area contributed by atoms with Crippen molar-refractivity contribution in [2.45, 2.75) is 0 Å². The lowest BCUT2D eigenvalue weighted by Gasteiger charge is -1.99. The van der Waals surface area contributed by atoms with E-state index in [9.17, 15) is 9.59 Å². The molecule has 0 saturated carbocycles. The van der Waals surface area contributed by atoms with Crippen molar-refractivity contribution >= 4 is 34.6 Å². The number of para-hydroxylation sites is 1. The highest BCUT2D eigenvalue weighted by molar-refractivity contribution is 7.14. The SMILES string of the molecule is O=CNc1nc(/C(=N/Oc2ccccc2)C(=O)O)cs1. The van der Waals surface area contributed by atoms with Crippen molar-refractivity contribution in [3.8, 4) is 5.75 Å². The zero-order valence-electron chi connectivity index (χ0n) is 10.0. The molecule has 0 atom stereocenters. The number of anilines is 1. The average molecular weight is 291 g/mol. The molecule has 102 valence electrons. The second kappa shape index (κ2) is 6.43. The van der Waals surface area contributed by atoms with Gasteiger partial charge in [0, 0.05) is 5.38 Å². The number of rotatable bonds is 6. The highest BCUT2D eigenvalue weighted by Crippen LogP contribution is 2.16. The molecule has 0 radical (unpaired) electrons. The lowest BCUT2D eigenvalue weighted by atomic mass is 10.3. The van der Waals surface area contributed by atoms with Crippen LogP contribution in [0.15, 0.2) is 40.9 Å². The summed E-state index contributed by atoms with van der Waals surface area (Å²) in [5.74, 6) is -0.864. The Hall–Kier alpha value is -2.74. The molecule has 0 aliphatic rings. The van der Waals surface area contributed by atoms with Gasteiger partial charge in [0.15, 0.2) is 10.9 Å². The van der Waals surface area contributed by atoms with Crippen LogP contribution in [0.5, 0.6) is 5.75 Å². The number of benzene rings is 1. The number of nitrogens with one attached hydrogen (secondary N) is 1. The number of carbonyl (C=O) groups excluding carboxylic acids is 1. The maximum Gasteiger partial charge on any atom is 0.360 e. The lowest BCUT2D eigenvalue weighted by molar-refractivity contribution is -0.129. The van der Waals surface area contributed by atoms with Gasteiger partial charge in [0.2, 0.25) is 12.1 Å². The molecule has 1 aromatic heterocycles. The molecule has 1 heterocycles. The first-order chi connectivity index (χ1) is 9.70. The Bertz CT molecular complexity index is 639. The van der Waals surface area contributed by atoms with Crippen molar-refractivity contribution in [2.24, 2.45) is 5.16 Å². The average Bonchev–Trinajstić information content (AvgIpc) is 2.89. The minimum Gasteiger partial charge on any atom is -0.476 e. The van der Waals surface area contributed by atoms with Crippen LogP contribution in [0.25, 0.3) is 0 Å². The summed E-state index contributed by atoms with van der Waals surface area (Å²) in [6.45, 7) is 0. The summed E-state index contributed by atoms with van der Waals surface area (Å²) in [7, 11) is 0. The van der Waals surface area contributed by atoms with E-state index in [2.05, 4.69) is 15.5 Å². The zero-order valence-corrected chi connectivity index (χ0v) is 10.8. The fourth-order valence-electron chi connectivity index (χ4n) is 1.27. The van der Waals surface area contributed by atoms with Crippen molar-refractivity contribution in [2.75, 3.05) is 5.32 Å². The van der Waals surface area contributed by atoms with Gasteiger partial charge in [0.05, 0.1) is 0 Å². The number of aromatic nitrogens is 1. The number of hydrogen-bond acceptors (Lipinski definition) is 6. The van der Waals surface area contributed by atoms with Crippen LogP contribution in [-0.2, 0) is 9.59 Å². The largest absolute Gasteiger partial charge is 0.476 e. The van der Waals surface area contributed by atoms with Crippen molar-refractivity contribution in [3.63, 3.8) is 0 Å². The third kappa shape index (κ3) is 3.39. The maximum atomic E-state index is 11.2. The molecule has 0 bridgehead atoms. The van der Waals surface area contributed by atoms with Crippen molar-refractivity contribution in [3.05, 3.63) is 41.4 Å². The second-order valence-corrected chi connectivity index (χ2v) is 4.31. The molecule has 2 N–H and O–H groups in total. The summed E-state index contributed by atoms with van der Waals surface area (Å²) < 4.78 is 0. The fourth-order valence-corrected chi connectivity index (χ4v) is 1.93. The van der Waals surface area contributed by atoms with E-state index in [0.29, 0.717) is 12.2 Å². The molecule has 8 heteroatoms. The predicted octanol–water partition coefficient (Wildman–Crippen LogP) is 1.58. The monoisotopic (exact) mass is 291 g/mol. The van der Waals surface area contributed by atoms with E-state index in [1.165, 1.54) is 5.38 Å². The number of hydrogen-bond donors (Lipinski definition) is 2. The summed E-state index contributed by atoms with van der Waals surface area (Å²) in [5.41, 5.74) is -0.230. The van der Waals surface area contributed by atoms with Crippen LogP contribution in [0.1, 0.15) is 5.69 Å². The smallest absolute Gasteiger partial charge is 0.360 e. The third-order valence-corrected chi connectivity index (χ3v) is 2.89. The lowest BCUT2D eigenvalue weighted by Crippen LogP contribution is -2.16. The van der Waals surface area contributed by atoms with Crippen LogP contribution in [-0.4, -0.2) is 28.2 Å². The Kier molecular flexibility index (Phi) is 4.40. The third-order valence-electron chi connectivity index (χ3n) is 2.12. The van der Waals surface area contributed by atoms with Crippen LogP contribution in [0.4, 0.5) is 5.13 Å². The van der Waals surface area contributed by atoms with Crippen molar-refractivity contribution in [1.82, 2.24) is 4.98 Å². The molecule has 0 saturated heterocycles. The normalized spacial score (nSPS) is 10.9. The number of carboxylic acid groups (broad SMARTS) is 1. The van der Waals surface area contributed by atoms with Crippen LogP contribution < -0.4 is 10.2 Å². The number of amides is 1. The van der Waals surface area contributed by atoms with Crippen LogP contribution >= 0.6 is 11.3 Å². The van der Waals surface area contributed by atoms with Crippen LogP contribution in [0.2, 0.25) is 0 Å². The minimum absolute atomic E-state index is 0.114. The zero-order chi connectivity index (χ0) is 14.4. The molecule has 0 fully saturated rings. The van der Waals surface area contributed by atoms with Gasteiger partial charge in [-0.25, -0.2) is 9.78 Å². The molecule has 2 aromatic rings. The van der Waals surface area contributed by atoms with Gasteiger partial charge < -0.3 is 15.3 Å². The van der Waals surface area contributed by atoms with Crippen LogP contribution in [0, 0.1) is 0 Å². The highest BCUT2D eigenvalue weighted by atomic mass is 32.1.